The summed E-state index contributed by atoms with van der Waals surface area (Å²) in [5.41, 5.74) is 2.94. The Labute approximate surface area is 122 Å². The molecule has 2 aliphatic rings. The summed E-state index contributed by atoms with van der Waals surface area (Å²) in [6, 6.07) is 7.14. The van der Waals surface area contributed by atoms with Crippen LogP contribution in [0.4, 0.5) is 0 Å². The van der Waals surface area contributed by atoms with Crippen molar-refractivity contribution in [3.63, 3.8) is 0 Å². The standard InChI is InChI=1S/C18H27NO/c1-2-12-19-17-7-3-6-16-15(17)5-4-8-18(16)20-13-11-14-9-10-14/h4-5,8,14,17,19H,2-3,6-7,9-13H2,1H3. The van der Waals surface area contributed by atoms with Gasteiger partial charge in [0, 0.05) is 6.04 Å². The third-order valence-electron chi connectivity index (χ3n) is 4.59. The minimum Gasteiger partial charge on any atom is -0.493 e. The monoisotopic (exact) mass is 273 g/mol. The molecule has 1 N–H and O–H groups in total. The second-order valence-corrected chi connectivity index (χ2v) is 6.30. The number of nitrogens with one attached hydrogen (secondary N) is 1. The van der Waals surface area contributed by atoms with Gasteiger partial charge < -0.3 is 10.1 Å². The first-order valence-corrected chi connectivity index (χ1v) is 8.36. The van der Waals surface area contributed by atoms with Crippen molar-refractivity contribution in [3.8, 4) is 5.75 Å². The summed E-state index contributed by atoms with van der Waals surface area (Å²) in [4.78, 5) is 0. The predicted molar refractivity (Wildman–Crippen MR) is 83.3 cm³/mol. The van der Waals surface area contributed by atoms with Gasteiger partial charge in [0.05, 0.1) is 6.61 Å². The fraction of sp³-hybridized carbons (Fsp3) is 0.667. The van der Waals surface area contributed by atoms with Gasteiger partial charge in [-0.25, -0.2) is 0 Å². The highest BCUT2D eigenvalue weighted by Crippen LogP contribution is 2.36. The second-order valence-electron chi connectivity index (χ2n) is 6.30. The van der Waals surface area contributed by atoms with Crippen LogP contribution in [-0.2, 0) is 6.42 Å². The van der Waals surface area contributed by atoms with Gasteiger partial charge in [-0.3, -0.25) is 0 Å². The molecule has 0 radical (unpaired) electrons. The molecule has 1 aromatic carbocycles. The second kappa shape index (κ2) is 6.62. The molecule has 110 valence electrons. The lowest BCUT2D eigenvalue weighted by molar-refractivity contribution is 0.296. The van der Waals surface area contributed by atoms with Crippen molar-refractivity contribution >= 4 is 0 Å². The van der Waals surface area contributed by atoms with E-state index in [0.717, 1.165) is 24.8 Å². The van der Waals surface area contributed by atoms with Crippen LogP contribution < -0.4 is 10.1 Å². The van der Waals surface area contributed by atoms with Crippen molar-refractivity contribution < 1.29 is 4.74 Å². The van der Waals surface area contributed by atoms with E-state index in [1.807, 2.05) is 0 Å². The fourth-order valence-electron chi connectivity index (χ4n) is 3.22. The van der Waals surface area contributed by atoms with E-state index in [-0.39, 0.29) is 0 Å². The van der Waals surface area contributed by atoms with Crippen molar-refractivity contribution in [3.05, 3.63) is 29.3 Å². The molecule has 0 aliphatic heterocycles. The van der Waals surface area contributed by atoms with Crippen LogP contribution in [-0.4, -0.2) is 13.2 Å². The molecule has 0 spiro atoms. The average molecular weight is 273 g/mol. The minimum absolute atomic E-state index is 0.533. The molecule has 1 aromatic rings. The van der Waals surface area contributed by atoms with Crippen molar-refractivity contribution in [2.75, 3.05) is 13.2 Å². The molecule has 1 atom stereocenters. The number of ether oxygens (including phenoxy) is 1. The van der Waals surface area contributed by atoms with Crippen molar-refractivity contribution in [1.82, 2.24) is 5.32 Å². The number of hydrogen-bond acceptors (Lipinski definition) is 2. The summed E-state index contributed by atoms with van der Waals surface area (Å²) in [7, 11) is 0. The summed E-state index contributed by atoms with van der Waals surface area (Å²) in [6.45, 7) is 4.24. The Morgan fingerprint density at radius 2 is 2.15 bits per heavy atom. The Bertz CT molecular complexity index is 439. The molecule has 20 heavy (non-hydrogen) atoms. The molecule has 1 saturated carbocycles. The van der Waals surface area contributed by atoms with E-state index in [2.05, 4.69) is 30.4 Å². The van der Waals surface area contributed by atoms with Gasteiger partial charge in [0.25, 0.3) is 0 Å². The van der Waals surface area contributed by atoms with E-state index in [1.165, 1.54) is 56.1 Å². The van der Waals surface area contributed by atoms with Crippen LogP contribution in [0.5, 0.6) is 5.75 Å². The zero-order valence-electron chi connectivity index (χ0n) is 12.7. The van der Waals surface area contributed by atoms with Gasteiger partial charge in [-0.05, 0) is 61.8 Å². The highest BCUT2D eigenvalue weighted by molar-refractivity contribution is 5.43. The lowest BCUT2D eigenvalue weighted by atomic mass is 9.87. The van der Waals surface area contributed by atoms with Crippen LogP contribution in [0.1, 0.15) is 62.6 Å². The molecular formula is C18H27NO. The lowest BCUT2D eigenvalue weighted by Gasteiger charge is -2.28. The van der Waals surface area contributed by atoms with Gasteiger partial charge in [-0.15, -0.1) is 0 Å². The van der Waals surface area contributed by atoms with Gasteiger partial charge >= 0.3 is 0 Å². The largest absolute Gasteiger partial charge is 0.493 e. The number of rotatable bonds is 7. The fourth-order valence-corrected chi connectivity index (χ4v) is 3.22. The van der Waals surface area contributed by atoms with Gasteiger partial charge in [0.15, 0.2) is 0 Å². The number of hydrogen-bond donors (Lipinski definition) is 1. The summed E-state index contributed by atoms with van der Waals surface area (Å²) in [5.74, 6) is 2.10. The van der Waals surface area contributed by atoms with Crippen LogP contribution in [0, 0.1) is 5.92 Å². The van der Waals surface area contributed by atoms with E-state index in [1.54, 1.807) is 0 Å². The van der Waals surface area contributed by atoms with Gasteiger partial charge in [-0.1, -0.05) is 31.9 Å². The zero-order chi connectivity index (χ0) is 13.8. The Kier molecular flexibility index (Phi) is 4.62. The molecule has 0 amide bonds. The van der Waals surface area contributed by atoms with Crippen molar-refractivity contribution in [2.24, 2.45) is 5.92 Å². The molecule has 2 heteroatoms. The van der Waals surface area contributed by atoms with Crippen molar-refractivity contribution in [1.29, 1.82) is 0 Å². The van der Waals surface area contributed by atoms with E-state index in [9.17, 15) is 0 Å². The highest BCUT2D eigenvalue weighted by atomic mass is 16.5. The summed E-state index contributed by atoms with van der Waals surface area (Å²) < 4.78 is 6.08. The van der Waals surface area contributed by atoms with E-state index in [4.69, 9.17) is 4.74 Å². The van der Waals surface area contributed by atoms with Gasteiger partial charge in [-0.2, -0.15) is 0 Å². The third-order valence-corrected chi connectivity index (χ3v) is 4.59. The maximum atomic E-state index is 6.08. The van der Waals surface area contributed by atoms with E-state index < -0.39 is 0 Å². The Balaban J connectivity index is 1.68. The Hall–Kier alpha value is -1.02. The Morgan fingerprint density at radius 3 is 2.95 bits per heavy atom. The quantitative estimate of drug-likeness (QED) is 0.802. The van der Waals surface area contributed by atoms with Gasteiger partial charge in [0.2, 0.25) is 0 Å². The molecule has 2 nitrogen and oxygen atoms in total. The first-order chi connectivity index (χ1) is 9.88. The van der Waals surface area contributed by atoms with E-state index >= 15 is 0 Å². The molecule has 1 fully saturated rings. The molecule has 3 rings (SSSR count). The molecule has 1 unspecified atom stereocenters. The van der Waals surface area contributed by atoms with Crippen LogP contribution in [0.15, 0.2) is 18.2 Å². The average Bonchev–Trinajstić information content (AvgIpc) is 3.29. The topological polar surface area (TPSA) is 21.3 Å². The molecule has 0 saturated heterocycles. The number of benzene rings is 1. The number of fused-ring (bicyclic) bond motifs is 1. The molecule has 0 bridgehead atoms. The maximum Gasteiger partial charge on any atom is 0.122 e. The van der Waals surface area contributed by atoms with Crippen LogP contribution in [0.25, 0.3) is 0 Å². The van der Waals surface area contributed by atoms with E-state index in [0.29, 0.717) is 6.04 Å². The SMILES string of the molecule is CCCNC1CCCc2c(OCCC3CC3)cccc21. The maximum absolute atomic E-state index is 6.08. The van der Waals surface area contributed by atoms with Crippen LogP contribution in [0.2, 0.25) is 0 Å². The van der Waals surface area contributed by atoms with Crippen LogP contribution in [0.3, 0.4) is 0 Å². The van der Waals surface area contributed by atoms with Crippen molar-refractivity contribution in [2.45, 2.75) is 57.9 Å². The summed E-state index contributed by atoms with van der Waals surface area (Å²) in [6.07, 6.45) is 8.98. The summed E-state index contributed by atoms with van der Waals surface area (Å²) >= 11 is 0. The molecule has 2 aliphatic carbocycles. The van der Waals surface area contributed by atoms with Crippen LogP contribution >= 0.6 is 0 Å². The third kappa shape index (κ3) is 3.35. The predicted octanol–water partition coefficient (Wildman–Crippen LogP) is 4.24. The zero-order valence-corrected chi connectivity index (χ0v) is 12.7. The lowest BCUT2D eigenvalue weighted by Crippen LogP contribution is -2.26. The first kappa shape index (κ1) is 13.9. The first-order valence-electron chi connectivity index (χ1n) is 8.36. The molecule has 0 heterocycles. The normalized spacial score (nSPS) is 21.6. The molecule has 0 aromatic heterocycles. The Morgan fingerprint density at radius 1 is 1.25 bits per heavy atom. The molecular weight excluding hydrogens is 246 g/mol. The van der Waals surface area contributed by atoms with Gasteiger partial charge in [0.1, 0.15) is 5.75 Å². The smallest absolute Gasteiger partial charge is 0.122 e. The highest BCUT2D eigenvalue weighted by Gasteiger charge is 2.23. The summed E-state index contributed by atoms with van der Waals surface area (Å²) in [5, 5.41) is 3.68. The minimum atomic E-state index is 0.533.